The van der Waals surface area contributed by atoms with Crippen molar-refractivity contribution in [2.24, 2.45) is 5.92 Å². The highest BCUT2D eigenvalue weighted by Crippen LogP contribution is 2.25. The van der Waals surface area contributed by atoms with Crippen molar-refractivity contribution < 1.29 is 14.7 Å². The van der Waals surface area contributed by atoms with Gasteiger partial charge in [-0.2, -0.15) is 0 Å². The molecule has 1 aromatic heterocycles. The van der Waals surface area contributed by atoms with Crippen LogP contribution in [0.3, 0.4) is 0 Å². The summed E-state index contributed by atoms with van der Waals surface area (Å²) < 4.78 is 2.63. The fourth-order valence-electron chi connectivity index (χ4n) is 3.93. The Morgan fingerprint density at radius 3 is 2.58 bits per heavy atom. The van der Waals surface area contributed by atoms with Gasteiger partial charge in [0.05, 0.1) is 16.3 Å². The first kappa shape index (κ1) is 23.1. The number of aliphatic hydroxyl groups excluding tert-OH is 1. The molecule has 1 fully saturated rings. The second-order valence-electron chi connectivity index (χ2n) is 7.87. The van der Waals surface area contributed by atoms with Crippen LogP contribution in [0.5, 0.6) is 0 Å². The van der Waals surface area contributed by atoms with Gasteiger partial charge in [-0.3, -0.25) is 18.7 Å². The predicted molar refractivity (Wildman–Crippen MR) is 118 cm³/mol. The molecule has 0 saturated heterocycles. The lowest BCUT2D eigenvalue weighted by Gasteiger charge is -2.22. The molecule has 1 atom stereocenters. The summed E-state index contributed by atoms with van der Waals surface area (Å²) in [5, 5.41) is 16.0. The fraction of sp³-hybridized carbons (Fsp3) is 0.500. The highest BCUT2D eigenvalue weighted by atomic mass is 35.5. The number of halogens is 1. The summed E-state index contributed by atoms with van der Waals surface area (Å²) in [5.41, 5.74) is 0.215. The Bertz CT molecular complexity index is 976. The van der Waals surface area contributed by atoms with Crippen molar-refractivity contribution in [1.82, 2.24) is 19.8 Å². The van der Waals surface area contributed by atoms with Gasteiger partial charge in [-0.25, -0.2) is 4.79 Å². The Morgan fingerprint density at radius 1 is 1.19 bits per heavy atom. The van der Waals surface area contributed by atoms with Gasteiger partial charge in [0.25, 0.3) is 5.91 Å². The van der Waals surface area contributed by atoms with Crippen LogP contribution < -0.4 is 16.3 Å². The van der Waals surface area contributed by atoms with E-state index in [2.05, 4.69) is 10.6 Å². The normalized spacial score (nSPS) is 15.8. The quantitative estimate of drug-likeness (QED) is 0.447. The van der Waals surface area contributed by atoms with Crippen molar-refractivity contribution in [2.75, 3.05) is 6.54 Å². The van der Waals surface area contributed by atoms with Crippen molar-refractivity contribution in [3.05, 3.63) is 51.7 Å². The number of rotatable bonds is 7. The molecule has 3 N–H and O–H groups in total. The molecule has 168 valence electrons. The zero-order valence-electron chi connectivity index (χ0n) is 17.6. The number of nitrogens with one attached hydrogen (secondary N) is 2. The van der Waals surface area contributed by atoms with E-state index in [0.29, 0.717) is 12.2 Å². The number of aromatic nitrogens is 2. The molecule has 1 unspecified atom stereocenters. The third kappa shape index (κ3) is 5.77. The predicted octanol–water partition coefficient (Wildman–Crippen LogP) is 2.45. The molecule has 1 heterocycles. The molecule has 1 aliphatic rings. The number of hydrogen-bond acceptors (Lipinski definition) is 4. The van der Waals surface area contributed by atoms with Crippen LogP contribution in [0, 0.1) is 5.92 Å². The summed E-state index contributed by atoms with van der Waals surface area (Å²) in [7, 11) is 0. The third-order valence-corrected chi connectivity index (χ3v) is 5.96. The minimum atomic E-state index is -0.939. The molecule has 2 aromatic rings. The standard InChI is InChI=1S/C22H29ClN4O4/c1-2-24-19(28)14-26-11-12-27(22(26)31)16-9-10-18(23)17(13-16)21(30)25-20(29)15-7-5-3-4-6-8-15/h9-13,15,20,29H,2-8,14H2,1H3,(H,24,28)(H,25,30). The summed E-state index contributed by atoms with van der Waals surface area (Å²) in [6, 6.07) is 4.67. The van der Waals surface area contributed by atoms with E-state index in [1.807, 2.05) is 0 Å². The molecule has 1 aromatic carbocycles. The molecule has 3 rings (SSSR count). The van der Waals surface area contributed by atoms with Crippen molar-refractivity contribution in [3.8, 4) is 5.69 Å². The summed E-state index contributed by atoms with van der Waals surface area (Å²) in [6.07, 6.45) is 8.26. The Morgan fingerprint density at radius 2 is 1.90 bits per heavy atom. The second kappa shape index (κ2) is 10.6. The lowest BCUT2D eigenvalue weighted by Crippen LogP contribution is -2.40. The lowest BCUT2D eigenvalue weighted by molar-refractivity contribution is -0.121. The summed E-state index contributed by atoms with van der Waals surface area (Å²) >= 11 is 6.23. The van der Waals surface area contributed by atoms with E-state index < -0.39 is 17.8 Å². The number of carbonyl (C=O) groups excluding carboxylic acids is 2. The number of benzene rings is 1. The van der Waals surface area contributed by atoms with E-state index in [-0.39, 0.29) is 29.0 Å². The van der Waals surface area contributed by atoms with Gasteiger partial charge >= 0.3 is 5.69 Å². The zero-order valence-corrected chi connectivity index (χ0v) is 18.4. The molecule has 2 amide bonds. The maximum atomic E-state index is 12.8. The van der Waals surface area contributed by atoms with Crippen molar-refractivity contribution >= 4 is 23.4 Å². The summed E-state index contributed by atoms with van der Waals surface area (Å²) in [4.78, 5) is 37.2. The first-order valence-electron chi connectivity index (χ1n) is 10.7. The van der Waals surface area contributed by atoms with Gasteiger partial charge in [0.1, 0.15) is 12.8 Å². The van der Waals surface area contributed by atoms with Crippen LogP contribution in [-0.4, -0.2) is 38.8 Å². The van der Waals surface area contributed by atoms with Crippen LogP contribution in [0.1, 0.15) is 55.8 Å². The second-order valence-corrected chi connectivity index (χ2v) is 8.27. The largest absolute Gasteiger partial charge is 0.373 e. The van der Waals surface area contributed by atoms with Crippen LogP contribution >= 0.6 is 11.6 Å². The Labute approximate surface area is 186 Å². The lowest BCUT2D eigenvalue weighted by atomic mass is 9.98. The minimum absolute atomic E-state index is 0.0272. The molecule has 0 aliphatic heterocycles. The van der Waals surface area contributed by atoms with E-state index in [1.54, 1.807) is 13.0 Å². The molecular weight excluding hydrogens is 420 g/mol. The van der Waals surface area contributed by atoms with E-state index in [9.17, 15) is 19.5 Å². The number of nitrogens with zero attached hydrogens (tertiary/aromatic N) is 2. The first-order chi connectivity index (χ1) is 14.9. The molecule has 0 spiro atoms. The molecule has 8 nitrogen and oxygen atoms in total. The Balaban J connectivity index is 1.77. The Hall–Kier alpha value is -2.58. The number of aliphatic hydroxyl groups is 1. The molecule has 1 saturated carbocycles. The van der Waals surface area contributed by atoms with Crippen molar-refractivity contribution in [2.45, 2.75) is 58.2 Å². The number of amides is 2. The summed E-state index contributed by atoms with van der Waals surface area (Å²) in [6.45, 7) is 2.20. The molecule has 31 heavy (non-hydrogen) atoms. The molecular formula is C22H29ClN4O4. The number of likely N-dealkylation sites (N-methyl/N-ethyl adjacent to an activating group) is 1. The first-order valence-corrected chi connectivity index (χ1v) is 11.1. The summed E-state index contributed by atoms with van der Waals surface area (Å²) in [5.74, 6) is -0.719. The van der Waals surface area contributed by atoms with Crippen molar-refractivity contribution in [3.63, 3.8) is 0 Å². The van der Waals surface area contributed by atoms with Gasteiger partial charge in [0, 0.05) is 24.9 Å². The van der Waals surface area contributed by atoms with Crippen LogP contribution in [-0.2, 0) is 11.3 Å². The highest BCUT2D eigenvalue weighted by molar-refractivity contribution is 6.33. The molecule has 0 bridgehead atoms. The highest BCUT2D eigenvalue weighted by Gasteiger charge is 2.24. The number of hydrogen-bond donors (Lipinski definition) is 3. The smallest absolute Gasteiger partial charge is 0.333 e. The van der Waals surface area contributed by atoms with Gasteiger partial charge in [-0.05, 0) is 38.0 Å². The average molecular weight is 449 g/mol. The zero-order chi connectivity index (χ0) is 22.4. The maximum Gasteiger partial charge on any atom is 0.333 e. The number of imidazole rings is 1. The minimum Gasteiger partial charge on any atom is -0.373 e. The van der Waals surface area contributed by atoms with Gasteiger partial charge in [0.15, 0.2) is 0 Å². The Kier molecular flexibility index (Phi) is 7.92. The van der Waals surface area contributed by atoms with E-state index in [0.717, 1.165) is 38.5 Å². The van der Waals surface area contributed by atoms with Crippen molar-refractivity contribution in [1.29, 1.82) is 0 Å². The molecule has 1 aliphatic carbocycles. The fourth-order valence-corrected chi connectivity index (χ4v) is 4.13. The van der Waals surface area contributed by atoms with Gasteiger partial charge in [0.2, 0.25) is 5.91 Å². The topological polar surface area (TPSA) is 105 Å². The van der Waals surface area contributed by atoms with E-state index in [1.165, 1.54) is 33.7 Å². The van der Waals surface area contributed by atoms with Crippen LogP contribution in [0.25, 0.3) is 5.69 Å². The van der Waals surface area contributed by atoms with Crippen LogP contribution in [0.2, 0.25) is 5.02 Å². The third-order valence-electron chi connectivity index (χ3n) is 5.63. The maximum absolute atomic E-state index is 12.8. The van der Waals surface area contributed by atoms with Gasteiger partial charge in [-0.15, -0.1) is 0 Å². The van der Waals surface area contributed by atoms with E-state index >= 15 is 0 Å². The SMILES string of the molecule is CCNC(=O)Cn1ccn(-c2ccc(Cl)c(C(=O)NC(O)C3CCCCCC3)c2)c1=O. The molecule has 0 radical (unpaired) electrons. The van der Waals surface area contributed by atoms with Gasteiger partial charge in [-0.1, -0.05) is 37.3 Å². The molecule has 9 heteroatoms. The van der Waals surface area contributed by atoms with E-state index in [4.69, 9.17) is 11.6 Å². The van der Waals surface area contributed by atoms with Gasteiger partial charge < -0.3 is 15.7 Å². The average Bonchev–Trinajstić information content (AvgIpc) is 2.94. The van der Waals surface area contributed by atoms with Crippen LogP contribution in [0.15, 0.2) is 35.4 Å². The van der Waals surface area contributed by atoms with Crippen LogP contribution in [0.4, 0.5) is 0 Å². The monoisotopic (exact) mass is 448 g/mol. The number of carbonyl (C=O) groups is 2.